The van der Waals surface area contributed by atoms with Gasteiger partial charge in [-0.3, -0.25) is 0 Å². The molecular weight excluding hydrogens is 793 g/mol. The van der Waals surface area contributed by atoms with Gasteiger partial charge in [0.05, 0.1) is 29.8 Å². The van der Waals surface area contributed by atoms with Crippen LogP contribution < -0.4 is 10.6 Å². The van der Waals surface area contributed by atoms with Crippen molar-refractivity contribution in [1.29, 1.82) is 0 Å². The van der Waals surface area contributed by atoms with Gasteiger partial charge in [0.2, 0.25) is 0 Å². The van der Waals surface area contributed by atoms with E-state index in [1.165, 1.54) is 50.2 Å². The molecule has 54 heavy (non-hydrogen) atoms. The first kappa shape index (κ1) is 50.1. The van der Waals surface area contributed by atoms with Crippen molar-refractivity contribution in [2.24, 2.45) is 0 Å². The Labute approximate surface area is 325 Å². The molecule has 0 aliphatic rings. The number of nitrogens with one attached hydrogen (secondary N) is 2. The summed E-state index contributed by atoms with van der Waals surface area (Å²) in [6, 6.07) is 7.41. The van der Waals surface area contributed by atoms with Crippen LogP contribution in [0, 0.1) is 11.6 Å². The average Bonchev–Trinajstić information content (AvgIpc) is 3.07. The third kappa shape index (κ3) is 21.1. The first-order chi connectivity index (χ1) is 24.8. The average molecular weight is 841 g/mol. The molecule has 0 unspecified atom stereocenters. The van der Waals surface area contributed by atoms with Crippen LogP contribution in [0.4, 0.5) is 18.4 Å². The van der Waals surface area contributed by atoms with Crippen molar-refractivity contribution in [3.8, 4) is 0 Å². The number of alkyl carbamates (subject to hydrolysis) is 2. The summed E-state index contributed by atoms with van der Waals surface area (Å²) in [6.07, 6.45) is -1.43. The molecular formula is C34H48F2N2O12S4. The zero-order valence-corrected chi connectivity index (χ0v) is 34.6. The van der Waals surface area contributed by atoms with Crippen LogP contribution in [0.3, 0.4) is 0 Å². The van der Waals surface area contributed by atoms with Gasteiger partial charge >= 0.3 is 24.1 Å². The standard InChI is InChI=1S/C17H24FNO6S2.C9H17NO4S.C8H7FO2S/c1-17(2,3)25-16(21)19-14(15(20)24-4)11-26-9-10-27(22,23)13-7-5-12(18)6-8-13;1-9(2,3)14-8(12)10-6(5-15)7(11)13-4;1-2-12(10,11)8-5-3-7(9)4-6-8/h5-8,14H,9-11H2,1-4H3,(H,19,21);6,15H,5H2,1-4H3,(H,10,12);2-6H,1H2/t14-;6-;/m00./s1/i18-1;;9-1. The van der Waals surface area contributed by atoms with Crippen LogP contribution in [0.25, 0.3) is 0 Å². The largest absolute Gasteiger partial charge is 0.467 e. The Hall–Kier alpha value is -3.88. The number of thioether (sulfide) groups is 1. The summed E-state index contributed by atoms with van der Waals surface area (Å²) >= 11 is 5.09. The smallest absolute Gasteiger partial charge is 0.408 e. The Morgan fingerprint density at radius 2 is 1.15 bits per heavy atom. The highest BCUT2D eigenvalue weighted by atomic mass is 32.2. The van der Waals surface area contributed by atoms with Gasteiger partial charge in [-0.2, -0.15) is 24.4 Å². The van der Waals surface area contributed by atoms with Crippen LogP contribution >= 0.6 is 24.4 Å². The van der Waals surface area contributed by atoms with E-state index in [0.717, 1.165) is 29.7 Å². The van der Waals surface area contributed by atoms with Gasteiger partial charge in [0.15, 0.2) is 19.7 Å². The van der Waals surface area contributed by atoms with E-state index in [1.54, 1.807) is 41.5 Å². The first-order valence-electron chi connectivity index (χ1n) is 15.8. The van der Waals surface area contributed by atoms with E-state index in [-0.39, 0.29) is 32.8 Å². The van der Waals surface area contributed by atoms with Crippen molar-refractivity contribution in [3.05, 3.63) is 72.2 Å². The highest BCUT2D eigenvalue weighted by molar-refractivity contribution is 8.00. The minimum atomic E-state index is -3.56. The van der Waals surface area contributed by atoms with Gasteiger partial charge in [-0.05, 0) is 90.1 Å². The fourth-order valence-corrected chi connectivity index (χ4v) is 7.09. The van der Waals surface area contributed by atoms with Crippen LogP contribution in [0.5, 0.6) is 0 Å². The quantitative estimate of drug-likeness (QED) is 0.0791. The lowest BCUT2D eigenvalue weighted by molar-refractivity contribution is -0.143. The topological polar surface area (TPSA) is 198 Å². The number of hydrogen-bond donors (Lipinski definition) is 3. The van der Waals surface area contributed by atoms with E-state index < -0.39 is 78.7 Å². The number of esters is 2. The summed E-state index contributed by atoms with van der Waals surface area (Å²) in [4.78, 5) is 46.1. The lowest BCUT2D eigenvalue weighted by Gasteiger charge is -2.22. The maximum Gasteiger partial charge on any atom is 0.408 e. The molecule has 2 atom stereocenters. The number of methoxy groups -OCH3 is 2. The Kier molecular flexibility index (Phi) is 21.5. The van der Waals surface area contributed by atoms with Crippen LogP contribution in [0.1, 0.15) is 41.5 Å². The van der Waals surface area contributed by atoms with Crippen LogP contribution in [0.15, 0.2) is 70.3 Å². The van der Waals surface area contributed by atoms with Gasteiger partial charge in [-0.25, -0.2) is 44.8 Å². The lowest BCUT2D eigenvalue weighted by atomic mass is 10.2. The molecule has 14 nitrogen and oxygen atoms in total. The normalized spacial score (nSPS) is 12.5. The summed E-state index contributed by atoms with van der Waals surface area (Å²) in [5, 5.41) is 5.61. The van der Waals surface area contributed by atoms with E-state index in [0.29, 0.717) is 0 Å². The Morgan fingerprint density at radius 3 is 1.52 bits per heavy atom. The highest BCUT2D eigenvalue weighted by Gasteiger charge is 2.26. The van der Waals surface area contributed by atoms with Gasteiger partial charge in [0.1, 0.15) is 34.9 Å². The van der Waals surface area contributed by atoms with Crippen molar-refractivity contribution >= 4 is 68.2 Å². The molecule has 0 saturated carbocycles. The molecule has 0 bridgehead atoms. The van der Waals surface area contributed by atoms with Gasteiger partial charge in [-0.15, -0.1) is 0 Å². The van der Waals surface area contributed by atoms with E-state index in [4.69, 9.17) is 9.47 Å². The third-order valence-electron chi connectivity index (χ3n) is 5.85. The van der Waals surface area contributed by atoms with Gasteiger partial charge in [-0.1, -0.05) is 6.58 Å². The number of amides is 2. The fraction of sp³-hybridized carbons (Fsp3) is 0.471. The number of halogens is 2. The number of benzene rings is 2. The molecule has 0 radical (unpaired) electrons. The molecule has 0 aliphatic carbocycles. The van der Waals surface area contributed by atoms with Gasteiger partial charge < -0.3 is 29.6 Å². The number of sulfone groups is 2. The van der Waals surface area contributed by atoms with E-state index in [9.17, 15) is 44.8 Å². The van der Waals surface area contributed by atoms with Crippen LogP contribution in [-0.4, -0.2) is 101 Å². The second kappa shape index (κ2) is 23.1. The van der Waals surface area contributed by atoms with E-state index >= 15 is 0 Å². The summed E-state index contributed by atoms with van der Waals surface area (Å²) in [5.41, 5.74) is -1.32. The number of hydrogen-bond acceptors (Lipinski definition) is 14. The minimum Gasteiger partial charge on any atom is -0.467 e. The molecule has 0 heterocycles. The second-order valence-corrected chi connectivity index (χ2v) is 18.2. The molecule has 0 saturated heterocycles. The summed E-state index contributed by atoms with van der Waals surface area (Å²) in [5.74, 6) is -1.91. The third-order valence-corrected chi connectivity index (χ3v) is 10.6. The Morgan fingerprint density at radius 1 is 0.759 bits per heavy atom. The summed E-state index contributed by atoms with van der Waals surface area (Å²) < 4.78 is 91.0. The van der Waals surface area contributed by atoms with Crippen LogP contribution in [-0.2, 0) is 48.2 Å². The Bertz CT molecular complexity index is 1740. The number of ether oxygens (including phenoxy) is 4. The minimum absolute atomic E-state index is 0.0286. The molecule has 0 aliphatic heterocycles. The predicted molar refractivity (Wildman–Crippen MR) is 204 cm³/mol. The number of rotatable bonds is 13. The maximum atomic E-state index is 12.9. The molecule has 2 N–H and O–H groups in total. The summed E-state index contributed by atoms with van der Waals surface area (Å²) in [6.45, 7) is 13.4. The lowest BCUT2D eigenvalue weighted by Crippen LogP contribution is -2.45. The predicted octanol–water partition coefficient (Wildman–Crippen LogP) is 5.12. The Balaban J connectivity index is 0.000000872. The van der Waals surface area contributed by atoms with Crippen LogP contribution in [0.2, 0.25) is 0 Å². The van der Waals surface area contributed by atoms with Gasteiger partial charge in [0, 0.05) is 22.7 Å². The molecule has 2 amide bonds. The zero-order valence-electron chi connectivity index (χ0n) is 31.2. The van der Waals surface area contributed by atoms with Gasteiger partial charge in [0.25, 0.3) is 0 Å². The van der Waals surface area contributed by atoms with Crippen molar-refractivity contribution in [2.75, 3.05) is 37.2 Å². The maximum absolute atomic E-state index is 12.9. The van der Waals surface area contributed by atoms with Crippen molar-refractivity contribution in [1.82, 2.24) is 10.6 Å². The fourth-order valence-electron chi connectivity index (χ4n) is 3.38. The molecule has 2 rings (SSSR count). The van der Waals surface area contributed by atoms with E-state index in [2.05, 4.69) is 39.3 Å². The molecule has 0 aromatic heterocycles. The molecule has 0 spiro atoms. The monoisotopic (exact) mass is 840 g/mol. The molecule has 304 valence electrons. The molecule has 0 fully saturated rings. The highest BCUT2D eigenvalue weighted by Crippen LogP contribution is 2.16. The van der Waals surface area contributed by atoms with Crippen molar-refractivity contribution in [2.45, 2.75) is 74.6 Å². The number of thiol groups is 1. The first-order valence-corrected chi connectivity index (χ1v) is 20.7. The second-order valence-electron chi connectivity index (χ2n) is 12.6. The SMILES string of the molecule is C=CS(=O)(=O)c1ccc([18F])cc1.COC(=O)[C@H](CS)NC(=O)OC(C)(C)C.COC(=O)[C@H](CSCCS(=O)(=O)c1ccc([18F])cc1)NC(=O)OC(C)(C)C. The molecule has 2 aromatic carbocycles. The van der Waals surface area contributed by atoms with Crippen molar-refractivity contribution < 1.29 is 63.7 Å². The zero-order chi connectivity index (χ0) is 41.9. The number of carbonyl (C=O) groups is 4. The van der Waals surface area contributed by atoms with Crippen molar-refractivity contribution in [3.63, 3.8) is 0 Å². The van der Waals surface area contributed by atoms with E-state index in [1.807, 2.05) is 0 Å². The number of carbonyl (C=O) groups excluding carboxylic acids is 4. The molecule has 20 heteroatoms. The molecule has 2 aromatic rings. The summed E-state index contributed by atoms with van der Waals surface area (Å²) in [7, 11) is -4.55.